The maximum Gasteiger partial charge on any atom is 0.373 e. The Morgan fingerprint density at radius 2 is 1.84 bits per heavy atom. The molecule has 2 aromatic carbocycles. The molecule has 1 amide bonds. The van der Waals surface area contributed by atoms with Crippen molar-refractivity contribution in [2.45, 2.75) is 26.4 Å². The van der Waals surface area contributed by atoms with E-state index in [2.05, 4.69) is 5.32 Å². The molecule has 0 saturated carbocycles. The number of furan rings is 1. The van der Waals surface area contributed by atoms with E-state index >= 15 is 0 Å². The lowest BCUT2D eigenvalue weighted by Crippen LogP contribution is -2.28. The van der Waals surface area contributed by atoms with Crippen LogP contribution in [0.3, 0.4) is 0 Å². The highest BCUT2D eigenvalue weighted by Crippen LogP contribution is 2.23. The van der Waals surface area contributed by atoms with E-state index in [9.17, 15) is 9.59 Å². The Balaban J connectivity index is 1.64. The number of fused-ring (bicyclic) bond motifs is 1. The third-order valence-electron chi connectivity index (χ3n) is 5.09. The molecular weight excluding hydrogens is 394 g/mol. The van der Waals surface area contributed by atoms with Crippen LogP contribution in [0.25, 0.3) is 11.0 Å². The fourth-order valence-corrected chi connectivity index (χ4v) is 3.47. The van der Waals surface area contributed by atoms with Gasteiger partial charge in [0.15, 0.2) is 0 Å². The summed E-state index contributed by atoms with van der Waals surface area (Å²) in [5, 5.41) is 3.02. The van der Waals surface area contributed by atoms with Crippen molar-refractivity contribution in [1.82, 2.24) is 14.9 Å². The number of nitrogens with zero attached hydrogens (tertiary/aromatic N) is 2. The SMILES string of the molecule is COC(=O)c1ccc(Cn2c(C(C)NC(=O)c3ccc(C)cc3)nc3ccccc32)o1. The number of para-hydroxylation sites is 2. The summed E-state index contributed by atoms with van der Waals surface area (Å²) in [5.41, 5.74) is 3.41. The second-order valence-electron chi connectivity index (χ2n) is 7.36. The van der Waals surface area contributed by atoms with E-state index in [1.54, 1.807) is 24.3 Å². The molecule has 0 aliphatic heterocycles. The van der Waals surface area contributed by atoms with Crippen LogP contribution in [-0.4, -0.2) is 28.5 Å². The standard InChI is InChI=1S/C24H23N3O4/c1-15-8-10-17(11-9-15)23(28)25-16(2)22-26-19-6-4-5-7-20(19)27(22)14-18-12-13-21(31-18)24(29)30-3/h4-13,16H,14H2,1-3H3,(H,25,28). The number of methoxy groups -OCH3 is 1. The molecule has 0 radical (unpaired) electrons. The number of nitrogens with one attached hydrogen (secondary N) is 1. The van der Waals surface area contributed by atoms with E-state index in [1.807, 2.05) is 54.8 Å². The fraction of sp³-hybridized carbons (Fsp3) is 0.208. The van der Waals surface area contributed by atoms with Gasteiger partial charge in [-0.15, -0.1) is 0 Å². The van der Waals surface area contributed by atoms with Gasteiger partial charge in [-0.2, -0.15) is 0 Å². The largest absolute Gasteiger partial charge is 0.463 e. The lowest BCUT2D eigenvalue weighted by Gasteiger charge is -2.16. The predicted octanol–water partition coefficient (Wildman–Crippen LogP) is 4.26. The number of esters is 1. The highest BCUT2D eigenvalue weighted by molar-refractivity contribution is 5.94. The zero-order valence-electron chi connectivity index (χ0n) is 17.6. The van der Waals surface area contributed by atoms with Gasteiger partial charge in [-0.25, -0.2) is 9.78 Å². The van der Waals surface area contributed by atoms with Crippen LogP contribution in [0.1, 0.15) is 51.0 Å². The van der Waals surface area contributed by atoms with E-state index in [4.69, 9.17) is 14.1 Å². The maximum atomic E-state index is 12.7. The topological polar surface area (TPSA) is 86.4 Å². The first-order valence-electron chi connectivity index (χ1n) is 9.96. The minimum Gasteiger partial charge on any atom is -0.463 e. The van der Waals surface area contributed by atoms with Crippen LogP contribution in [-0.2, 0) is 11.3 Å². The summed E-state index contributed by atoms with van der Waals surface area (Å²) in [6.07, 6.45) is 0. The van der Waals surface area contributed by atoms with Gasteiger partial charge in [0, 0.05) is 5.56 Å². The number of rotatable bonds is 6. The number of aromatic nitrogens is 2. The summed E-state index contributed by atoms with van der Waals surface area (Å²) >= 11 is 0. The molecule has 1 atom stereocenters. The third-order valence-corrected chi connectivity index (χ3v) is 5.09. The van der Waals surface area contributed by atoms with Gasteiger partial charge in [-0.3, -0.25) is 4.79 Å². The molecule has 4 rings (SSSR count). The number of hydrogen-bond acceptors (Lipinski definition) is 5. The van der Waals surface area contributed by atoms with Crippen LogP contribution in [0.15, 0.2) is 65.1 Å². The number of benzene rings is 2. The normalized spacial score (nSPS) is 12.0. The summed E-state index contributed by atoms with van der Waals surface area (Å²) in [5.74, 6) is 0.724. The number of hydrogen-bond donors (Lipinski definition) is 1. The number of imidazole rings is 1. The molecule has 158 valence electrons. The molecule has 0 aliphatic rings. The van der Waals surface area contributed by atoms with Gasteiger partial charge < -0.3 is 19.0 Å². The minimum absolute atomic E-state index is 0.143. The predicted molar refractivity (Wildman–Crippen MR) is 116 cm³/mol. The zero-order chi connectivity index (χ0) is 22.0. The number of carbonyl (C=O) groups excluding carboxylic acids is 2. The summed E-state index contributed by atoms with van der Waals surface area (Å²) < 4.78 is 12.3. The van der Waals surface area contributed by atoms with Crippen LogP contribution in [0.2, 0.25) is 0 Å². The molecule has 0 fully saturated rings. The summed E-state index contributed by atoms with van der Waals surface area (Å²) in [7, 11) is 1.31. The average molecular weight is 417 g/mol. The van der Waals surface area contributed by atoms with Gasteiger partial charge in [0.25, 0.3) is 5.91 Å². The number of aryl methyl sites for hydroxylation is 1. The van der Waals surface area contributed by atoms with Gasteiger partial charge in [-0.1, -0.05) is 29.8 Å². The Morgan fingerprint density at radius 1 is 1.10 bits per heavy atom. The van der Waals surface area contributed by atoms with E-state index in [-0.39, 0.29) is 17.7 Å². The molecule has 31 heavy (non-hydrogen) atoms. The average Bonchev–Trinajstić information content (AvgIpc) is 3.39. The van der Waals surface area contributed by atoms with Crippen LogP contribution in [0.4, 0.5) is 0 Å². The molecule has 7 heteroatoms. The quantitative estimate of drug-likeness (QED) is 0.474. The van der Waals surface area contributed by atoms with Gasteiger partial charge >= 0.3 is 5.97 Å². The van der Waals surface area contributed by atoms with Gasteiger partial charge in [0.1, 0.15) is 11.6 Å². The Morgan fingerprint density at radius 3 is 2.58 bits per heavy atom. The van der Waals surface area contributed by atoms with Crippen LogP contribution in [0.5, 0.6) is 0 Å². The first kappa shape index (κ1) is 20.4. The van der Waals surface area contributed by atoms with E-state index < -0.39 is 5.97 Å². The molecule has 1 N–H and O–H groups in total. The molecule has 2 aromatic heterocycles. The lowest BCUT2D eigenvalue weighted by atomic mass is 10.1. The first-order chi connectivity index (χ1) is 15.0. The molecule has 2 heterocycles. The molecule has 0 bridgehead atoms. The molecular formula is C24H23N3O4. The Kier molecular flexibility index (Phi) is 5.58. The van der Waals surface area contributed by atoms with Crippen molar-refractivity contribution in [3.05, 3.63) is 89.1 Å². The van der Waals surface area contributed by atoms with Crippen molar-refractivity contribution in [2.24, 2.45) is 0 Å². The smallest absolute Gasteiger partial charge is 0.373 e. The number of carbonyl (C=O) groups is 2. The summed E-state index contributed by atoms with van der Waals surface area (Å²) in [4.78, 5) is 29.2. The first-order valence-corrected chi connectivity index (χ1v) is 9.96. The molecule has 1 unspecified atom stereocenters. The highest BCUT2D eigenvalue weighted by atomic mass is 16.5. The Bertz CT molecular complexity index is 1240. The zero-order valence-corrected chi connectivity index (χ0v) is 17.6. The Hall–Kier alpha value is -3.87. The molecule has 7 nitrogen and oxygen atoms in total. The van der Waals surface area contributed by atoms with E-state index in [0.29, 0.717) is 23.7 Å². The molecule has 4 aromatic rings. The fourth-order valence-electron chi connectivity index (χ4n) is 3.47. The third kappa shape index (κ3) is 4.21. The second-order valence-corrected chi connectivity index (χ2v) is 7.36. The van der Waals surface area contributed by atoms with E-state index in [0.717, 1.165) is 16.6 Å². The van der Waals surface area contributed by atoms with Crippen molar-refractivity contribution < 1.29 is 18.7 Å². The van der Waals surface area contributed by atoms with Crippen LogP contribution >= 0.6 is 0 Å². The van der Waals surface area contributed by atoms with Gasteiger partial charge in [0.05, 0.1) is 30.7 Å². The second kappa shape index (κ2) is 8.47. The maximum absolute atomic E-state index is 12.7. The molecule has 0 aliphatic carbocycles. The van der Waals surface area contributed by atoms with Crippen molar-refractivity contribution in [3.8, 4) is 0 Å². The van der Waals surface area contributed by atoms with Crippen molar-refractivity contribution in [3.63, 3.8) is 0 Å². The Labute approximate surface area is 179 Å². The summed E-state index contributed by atoms with van der Waals surface area (Å²) in [6.45, 7) is 4.23. The van der Waals surface area contributed by atoms with Crippen LogP contribution < -0.4 is 5.32 Å². The lowest BCUT2D eigenvalue weighted by molar-refractivity contribution is 0.0562. The van der Waals surface area contributed by atoms with Gasteiger partial charge in [-0.05, 0) is 50.2 Å². The highest BCUT2D eigenvalue weighted by Gasteiger charge is 2.20. The van der Waals surface area contributed by atoms with Crippen molar-refractivity contribution in [2.75, 3.05) is 7.11 Å². The molecule has 0 saturated heterocycles. The monoisotopic (exact) mass is 417 g/mol. The number of ether oxygens (including phenoxy) is 1. The number of amides is 1. The van der Waals surface area contributed by atoms with Crippen LogP contribution in [0, 0.1) is 6.92 Å². The van der Waals surface area contributed by atoms with Crippen molar-refractivity contribution >= 4 is 22.9 Å². The van der Waals surface area contributed by atoms with Gasteiger partial charge in [0.2, 0.25) is 5.76 Å². The molecule has 0 spiro atoms. The van der Waals surface area contributed by atoms with E-state index in [1.165, 1.54) is 7.11 Å². The van der Waals surface area contributed by atoms with Crippen molar-refractivity contribution in [1.29, 1.82) is 0 Å². The summed E-state index contributed by atoms with van der Waals surface area (Å²) in [6, 6.07) is 18.1. The minimum atomic E-state index is -0.527.